The number of aliphatic imine (C=N–C) groups is 1. The lowest BCUT2D eigenvalue weighted by atomic mass is 10.1. The Labute approximate surface area is 156 Å². The van der Waals surface area contributed by atoms with E-state index in [1.165, 1.54) is 7.11 Å². The van der Waals surface area contributed by atoms with Gasteiger partial charge in [0.1, 0.15) is 0 Å². The molecule has 1 N–H and O–H groups in total. The van der Waals surface area contributed by atoms with Gasteiger partial charge in [0.2, 0.25) is 0 Å². The lowest BCUT2D eigenvalue weighted by molar-refractivity contribution is 0.0600. The highest BCUT2D eigenvalue weighted by atomic mass is 32.2. The second-order valence-corrected chi connectivity index (χ2v) is 6.67. The molecule has 0 saturated heterocycles. The van der Waals surface area contributed by atoms with Crippen molar-refractivity contribution in [3.63, 3.8) is 0 Å². The summed E-state index contributed by atoms with van der Waals surface area (Å²) in [6.45, 7) is 0. The van der Waals surface area contributed by atoms with E-state index in [1.807, 2.05) is 36.5 Å². The van der Waals surface area contributed by atoms with Crippen molar-refractivity contribution in [1.82, 2.24) is 0 Å². The third-order valence-electron chi connectivity index (χ3n) is 3.92. The number of carbonyl (C=O) groups is 1. The first kappa shape index (κ1) is 18.1. The van der Waals surface area contributed by atoms with E-state index < -0.39 is 0 Å². The molecule has 0 radical (unpaired) electrons. The molecule has 0 bridgehead atoms. The van der Waals surface area contributed by atoms with Gasteiger partial charge in [0.05, 0.1) is 32.6 Å². The van der Waals surface area contributed by atoms with Crippen LogP contribution < -0.4 is 14.8 Å². The first-order chi connectivity index (χ1) is 12.6. The summed E-state index contributed by atoms with van der Waals surface area (Å²) >= 11 is 1.61. The third kappa shape index (κ3) is 3.94. The molecule has 3 rings (SSSR count). The molecule has 6 nitrogen and oxygen atoms in total. The average Bonchev–Trinajstić information content (AvgIpc) is 3.07. The van der Waals surface area contributed by atoms with E-state index in [9.17, 15) is 4.79 Å². The molecule has 1 aliphatic heterocycles. The molecule has 2 aromatic carbocycles. The molecule has 0 fully saturated rings. The van der Waals surface area contributed by atoms with Crippen molar-refractivity contribution >= 4 is 29.6 Å². The van der Waals surface area contributed by atoms with Crippen LogP contribution in [-0.4, -0.2) is 39.0 Å². The van der Waals surface area contributed by atoms with E-state index in [4.69, 9.17) is 14.2 Å². The number of rotatable bonds is 6. The van der Waals surface area contributed by atoms with Crippen LogP contribution in [0.25, 0.3) is 0 Å². The van der Waals surface area contributed by atoms with Crippen LogP contribution in [-0.2, 0) is 11.2 Å². The average molecular weight is 372 g/mol. The molecule has 1 aliphatic rings. The maximum absolute atomic E-state index is 11.6. The SMILES string of the molecule is COC(=O)c1cccc(C/C=N/C2Nc3cc(OC)c(OC)cc3S2)c1. The smallest absolute Gasteiger partial charge is 0.337 e. The van der Waals surface area contributed by atoms with Gasteiger partial charge in [-0.2, -0.15) is 0 Å². The zero-order valence-electron chi connectivity index (χ0n) is 14.8. The Morgan fingerprint density at radius 1 is 1.19 bits per heavy atom. The van der Waals surface area contributed by atoms with Crippen molar-refractivity contribution in [2.24, 2.45) is 4.99 Å². The summed E-state index contributed by atoms with van der Waals surface area (Å²) in [7, 11) is 4.61. The number of methoxy groups -OCH3 is 3. The molecule has 7 heteroatoms. The summed E-state index contributed by atoms with van der Waals surface area (Å²) < 4.78 is 15.4. The molecule has 0 saturated carbocycles. The molecule has 2 aromatic rings. The van der Waals surface area contributed by atoms with E-state index >= 15 is 0 Å². The fourth-order valence-electron chi connectivity index (χ4n) is 2.62. The molecule has 1 atom stereocenters. The van der Waals surface area contributed by atoms with Crippen molar-refractivity contribution in [3.05, 3.63) is 47.5 Å². The maximum Gasteiger partial charge on any atom is 0.337 e. The lowest BCUT2D eigenvalue weighted by Gasteiger charge is -2.09. The van der Waals surface area contributed by atoms with Gasteiger partial charge in [0.15, 0.2) is 17.0 Å². The van der Waals surface area contributed by atoms with E-state index in [0.29, 0.717) is 23.5 Å². The minimum Gasteiger partial charge on any atom is -0.493 e. The van der Waals surface area contributed by atoms with Gasteiger partial charge in [-0.15, -0.1) is 0 Å². The van der Waals surface area contributed by atoms with Crippen LogP contribution in [0.1, 0.15) is 15.9 Å². The number of nitrogens with one attached hydrogen (secondary N) is 1. The molecule has 1 unspecified atom stereocenters. The highest BCUT2D eigenvalue weighted by molar-refractivity contribution is 8.00. The van der Waals surface area contributed by atoms with Gasteiger partial charge in [-0.25, -0.2) is 4.79 Å². The van der Waals surface area contributed by atoms with Gasteiger partial charge < -0.3 is 19.5 Å². The summed E-state index contributed by atoms with van der Waals surface area (Å²) in [6.07, 6.45) is 2.48. The van der Waals surface area contributed by atoms with Crippen molar-refractivity contribution < 1.29 is 19.0 Å². The topological polar surface area (TPSA) is 69.2 Å². The number of thioether (sulfide) groups is 1. The highest BCUT2D eigenvalue weighted by Gasteiger charge is 2.23. The fraction of sp³-hybridized carbons (Fsp3) is 0.263. The van der Waals surface area contributed by atoms with Gasteiger partial charge in [0.25, 0.3) is 0 Å². The number of fused-ring (bicyclic) bond motifs is 1. The Kier molecular flexibility index (Phi) is 5.68. The number of esters is 1. The standard InChI is InChI=1S/C19H20N2O4S/c1-23-15-10-14-17(11-16(15)24-2)26-19(21-14)20-8-7-12-5-4-6-13(9-12)18(22)25-3/h4-6,8-11,19,21H,7H2,1-3H3/b20-8+. The van der Waals surface area contributed by atoms with E-state index in [2.05, 4.69) is 10.3 Å². The van der Waals surface area contributed by atoms with Crippen LogP contribution >= 0.6 is 11.8 Å². The summed E-state index contributed by atoms with van der Waals surface area (Å²) in [5.41, 5.74) is 2.41. The first-order valence-electron chi connectivity index (χ1n) is 8.02. The van der Waals surface area contributed by atoms with E-state index in [0.717, 1.165) is 16.1 Å². The monoisotopic (exact) mass is 372 g/mol. The predicted octanol–water partition coefficient (Wildman–Crippen LogP) is 3.61. The lowest BCUT2D eigenvalue weighted by Crippen LogP contribution is -2.07. The maximum atomic E-state index is 11.6. The van der Waals surface area contributed by atoms with Crippen molar-refractivity contribution in [3.8, 4) is 11.5 Å². The largest absolute Gasteiger partial charge is 0.493 e. The van der Waals surface area contributed by atoms with Crippen LogP contribution in [0.4, 0.5) is 5.69 Å². The highest BCUT2D eigenvalue weighted by Crippen LogP contribution is 2.44. The molecular formula is C19H20N2O4S. The number of carbonyl (C=O) groups excluding carboxylic acids is 1. The minimum absolute atomic E-state index is 0.106. The molecule has 136 valence electrons. The van der Waals surface area contributed by atoms with Gasteiger partial charge in [-0.05, 0) is 23.8 Å². The Morgan fingerprint density at radius 2 is 1.96 bits per heavy atom. The Hall–Kier alpha value is -2.67. The van der Waals surface area contributed by atoms with Gasteiger partial charge in [-0.3, -0.25) is 4.99 Å². The minimum atomic E-state index is -0.338. The van der Waals surface area contributed by atoms with Crippen LogP contribution in [0.5, 0.6) is 11.5 Å². The van der Waals surface area contributed by atoms with Crippen LogP contribution in [0.3, 0.4) is 0 Å². The second kappa shape index (κ2) is 8.14. The van der Waals surface area contributed by atoms with Crippen LogP contribution in [0.15, 0.2) is 46.3 Å². The quantitative estimate of drug-likeness (QED) is 0.617. The molecular weight excluding hydrogens is 352 g/mol. The molecule has 0 aromatic heterocycles. The van der Waals surface area contributed by atoms with E-state index in [-0.39, 0.29) is 11.5 Å². The van der Waals surface area contributed by atoms with Crippen LogP contribution in [0.2, 0.25) is 0 Å². The van der Waals surface area contributed by atoms with Gasteiger partial charge in [0, 0.05) is 23.6 Å². The van der Waals surface area contributed by atoms with E-state index in [1.54, 1.807) is 32.0 Å². The molecule has 26 heavy (non-hydrogen) atoms. The number of benzene rings is 2. The van der Waals surface area contributed by atoms with Crippen molar-refractivity contribution in [2.75, 3.05) is 26.6 Å². The summed E-state index contributed by atoms with van der Waals surface area (Å²) in [5, 5.41) is 3.34. The number of hydrogen-bond donors (Lipinski definition) is 1. The Balaban J connectivity index is 1.64. The summed E-state index contributed by atoms with van der Waals surface area (Å²) in [4.78, 5) is 17.2. The van der Waals surface area contributed by atoms with Crippen molar-refractivity contribution in [1.29, 1.82) is 0 Å². The summed E-state index contributed by atoms with van der Waals surface area (Å²) in [6, 6.07) is 11.2. The Bertz CT molecular complexity index is 805. The fourth-order valence-corrected chi connectivity index (χ4v) is 3.61. The number of hydrogen-bond acceptors (Lipinski definition) is 7. The number of nitrogens with zero attached hydrogens (tertiary/aromatic N) is 1. The molecule has 0 amide bonds. The first-order valence-corrected chi connectivity index (χ1v) is 8.90. The van der Waals surface area contributed by atoms with Crippen LogP contribution in [0, 0.1) is 0 Å². The number of anilines is 1. The van der Waals surface area contributed by atoms with Gasteiger partial charge in [-0.1, -0.05) is 23.9 Å². The Morgan fingerprint density at radius 3 is 2.69 bits per heavy atom. The van der Waals surface area contributed by atoms with Crippen molar-refractivity contribution in [2.45, 2.75) is 16.8 Å². The zero-order valence-corrected chi connectivity index (χ0v) is 15.6. The molecule has 0 spiro atoms. The number of ether oxygens (including phenoxy) is 3. The normalized spacial score (nSPS) is 15.4. The zero-order chi connectivity index (χ0) is 18.5. The summed E-state index contributed by atoms with van der Waals surface area (Å²) in [5.74, 6) is 1.04. The molecule has 0 aliphatic carbocycles. The third-order valence-corrected chi connectivity index (χ3v) is 4.97. The molecule has 1 heterocycles. The second-order valence-electron chi connectivity index (χ2n) is 5.55. The van der Waals surface area contributed by atoms with Gasteiger partial charge >= 0.3 is 5.97 Å². The predicted molar refractivity (Wildman–Crippen MR) is 103 cm³/mol.